The largest absolute Gasteiger partial charge is 0.488 e. The van der Waals surface area contributed by atoms with Gasteiger partial charge < -0.3 is 9.84 Å². The van der Waals surface area contributed by atoms with Gasteiger partial charge in [0.1, 0.15) is 17.2 Å². The van der Waals surface area contributed by atoms with E-state index in [9.17, 15) is 4.79 Å². The van der Waals surface area contributed by atoms with Gasteiger partial charge in [0.2, 0.25) is 0 Å². The molecule has 94 valence electrons. The number of thiophene rings is 1. The molecule has 0 aliphatic carbocycles. The highest BCUT2D eigenvalue weighted by Gasteiger charge is 2.08. The van der Waals surface area contributed by atoms with Gasteiger partial charge in [-0.25, -0.2) is 4.79 Å². The van der Waals surface area contributed by atoms with Crippen molar-refractivity contribution in [3.8, 4) is 5.75 Å². The molecule has 1 heterocycles. The monoisotopic (exact) mass is 326 g/mol. The van der Waals surface area contributed by atoms with Crippen LogP contribution in [0, 0.1) is 6.92 Å². The lowest BCUT2D eigenvalue weighted by atomic mass is 10.2. The molecule has 0 spiro atoms. The molecule has 0 atom stereocenters. The van der Waals surface area contributed by atoms with Crippen LogP contribution in [0.4, 0.5) is 0 Å². The van der Waals surface area contributed by atoms with E-state index < -0.39 is 5.97 Å². The number of rotatable bonds is 4. The van der Waals surface area contributed by atoms with Gasteiger partial charge in [0.25, 0.3) is 0 Å². The van der Waals surface area contributed by atoms with E-state index in [4.69, 9.17) is 9.84 Å². The first kappa shape index (κ1) is 13.1. The van der Waals surface area contributed by atoms with Crippen molar-refractivity contribution < 1.29 is 14.6 Å². The Morgan fingerprint density at radius 1 is 1.39 bits per heavy atom. The number of aryl methyl sites for hydroxylation is 1. The number of carboxylic acids is 1. The Bertz CT molecular complexity index is 577. The second-order valence-corrected chi connectivity index (χ2v) is 5.85. The Balaban J connectivity index is 2.06. The maximum atomic E-state index is 10.8. The molecule has 0 bridgehead atoms. The Morgan fingerprint density at radius 3 is 2.83 bits per heavy atom. The summed E-state index contributed by atoms with van der Waals surface area (Å²) in [6, 6.07) is 9.20. The highest BCUT2D eigenvalue weighted by Crippen LogP contribution is 2.25. The molecule has 2 aromatic rings. The predicted octanol–water partition coefficient (Wildman–Crippen LogP) is 4.10. The standard InChI is InChI=1S/C13H11BrO3S/c1-8-2-3-9(14)6-11(8)17-7-10-4-5-12(18-10)13(15)16/h2-6H,7H2,1H3,(H,15,16). The summed E-state index contributed by atoms with van der Waals surface area (Å²) in [6.45, 7) is 2.36. The van der Waals surface area contributed by atoms with Crippen LogP contribution in [0.15, 0.2) is 34.8 Å². The summed E-state index contributed by atoms with van der Waals surface area (Å²) in [5.74, 6) is -0.0977. The van der Waals surface area contributed by atoms with Gasteiger partial charge >= 0.3 is 5.97 Å². The van der Waals surface area contributed by atoms with Gasteiger partial charge in [0, 0.05) is 9.35 Å². The minimum Gasteiger partial charge on any atom is -0.488 e. The van der Waals surface area contributed by atoms with Gasteiger partial charge in [-0.3, -0.25) is 0 Å². The van der Waals surface area contributed by atoms with Crippen LogP contribution in [0.1, 0.15) is 20.1 Å². The van der Waals surface area contributed by atoms with E-state index in [-0.39, 0.29) is 0 Å². The zero-order valence-electron chi connectivity index (χ0n) is 9.64. The molecule has 1 aromatic carbocycles. The van der Waals surface area contributed by atoms with Crippen molar-refractivity contribution in [2.45, 2.75) is 13.5 Å². The maximum absolute atomic E-state index is 10.8. The molecule has 0 saturated carbocycles. The summed E-state index contributed by atoms with van der Waals surface area (Å²) < 4.78 is 6.64. The normalized spacial score (nSPS) is 10.3. The highest BCUT2D eigenvalue weighted by molar-refractivity contribution is 9.10. The summed E-state index contributed by atoms with van der Waals surface area (Å²) in [6.07, 6.45) is 0. The predicted molar refractivity (Wildman–Crippen MR) is 74.5 cm³/mol. The van der Waals surface area contributed by atoms with Gasteiger partial charge in [-0.1, -0.05) is 22.0 Å². The lowest BCUT2D eigenvalue weighted by molar-refractivity contribution is 0.0702. The van der Waals surface area contributed by atoms with Gasteiger partial charge in [-0.05, 0) is 36.8 Å². The van der Waals surface area contributed by atoms with Crippen molar-refractivity contribution in [3.63, 3.8) is 0 Å². The SMILES string of the molecule is Cc1ccc(Br)cc1OCc1ccc(C(=O)O)s1. The molecule has 0 radical (unpaired) electrons. The van der Waals surface area contributed by atoms with Crippen molar-refractivity contribution in [2.75, 3.05) is 0 Å². The molecule has 5 heteroatoms. The first-order valence-corrected chi connectivity index (χ1v) is 6.88. The van der Waals surface area contributed by atoms with E-state index in [0.29, 0.717) is 11.5 Å². The number of benzene rings is 1. The number of carbonyl (C=O) groups is 1. The van der Waals surface area contributed by atoms with E-state index in [1.807, 2.05) is 25.1 Å². The van der Waals surface area contributed by atoms with E-state index in [1.165, 1.54) is 11.3 Å². The number of hydrogen-bond donors (Lipinski definition) is 1. The number of halogens is 1. The molecule has 0 amide bonds. The maximum Gasteiger partial charge on any atom is 0.345 e. The van der Waals surface area contributed by atoms with Crippen molar-refractivity contribution in [2.24, 2.45) is 0 Å². The van der Waals surface area contributed by atoms with Crippen LogP contribution in [0.2, 0.25) is 0 Å². The van der Waals surface area contributed by atoms with Crippen LogP contribution >= 0.6 is 27.3 Å². The highest BCUT2D eigenvalue weighted by atomic mass is 79.9. The molecular formula is C13H11BrO3S. The summed E-state index contributed by atoms with van der Waals surface area (Å²) in [5, 5.41) is 8.83. The van der Waals surface area contributed by atoms with E-state index in [0.717, 1.165) is 20.7 Å². The van der Waals surface area contributed by atoms with Gasteiger partial charge in [-0.2, -0.15) is 0 Å². The van der Waals surface area contributed by atoms with Crippen molar-refractivity contribution in [1.82, 2.24) is 0 Å². The fourth-order valence-corrected chi connectivity index (χ4v) is 2.55. The Hall–Kier alpha value is -1.33. The minimum atomic E-state index is -0.898. The van der Waals surface area contributed by atoms with E-state index in [2.05, 4.69) is 15.9 Å². The number of hydrogen-bond acceptors (Lipinski definition) is 3. The summed E-state index contributed by atoms with van der Waals surface area (Å²) in [7, 11) is 0. The number of carboxylic acid groups (broad SMARTS) is 1. The Kier molecular flexibility index (Phi) is 4.04. The van der Waals surface area contributed by atoms with E-state index in [1.54, 1.807) is 12.1 Å². The van der Waals surface area contributed by atoms with Crippen LogP contribution < -0.4 is 4.74 Å². The van der Waals surface area contributed by atoms with Crippen LogP contribution in [0.25, 0.3) is 0 Å². The third-order valence-electron chi connectivity index (χ3n) is 2.39. The molecule has 0 aliphatic heterocycles. The molecule has 0 unspecified atom stereocenters. The summed E-state index contributed by atoms with van der Waals surface area (Å²) in [4.78, 5) is 12.0. The summed E-state index contributed by atoms with van der Waals surface area (Å²) >= 11 is 4.62. The first-order chi connectivity index (χ1) is 8.56. The van der Waals surface area contributed by atoms with Crippen LogP contribution in [-0.2, 0) is 6.61 Å². The zero-order chi connectivity index (χ0) is 13.1. The van der Waals surface area contributed by atoms with Crippen molar-refractivity contribution in [1.29, 1.82) is 0 Å². The molecular weight excluding hydrogens is 316 g/mol. The first-order valence-electron chi connectivity index (χ1n) is 5.27. The lowest BCUT2D eigenvalue weighted by Crippen LogP contribution is -1.95. The minimum absolute atomic E-state index is 0.333. The second kappa shape index (κ2) is 5.54. The Labute approximate surface area is 117 Å². The molecule has 2 rings (SSSR count). The average Bonchev–Trinajstić information content (AvgIpc) is 2.79. The molecule has 18 heavy (non-hydrogen) atoms. The molecule has 0 saturated heterocycles. The van der Waals surface area contributed by atoms with Crippen molar-refractivity contribution >= 4 is 33.2 Å². The zero-order valence-corrected chi connectivity index (χ0v) is 12.0. The third kappa shape index (κ3) is 3.11. The smallest absolute Gasteiger partial charge is 0.345 e. The molecule has 0 aliphatic rings. The molecule has 0 fully saturated rings. The fraction of sp³-hybridized carbons (Fsp3) is 0.154. The number of aromatic carboxylic acids is 1. The van der Waals surface area contributed by atoms with Crippen molar-refractivity contribution in [3.05, 3.63) is 50.1 Å². The lowest BCUT2D eigenvalue weighted by Gasteiger charge is -2.08. The van der Waals surface area contributed by atoms with Crippen LogP contribution in [-0.4, -0.2) is 11.1 Å². The van der Waals surface area contributed by atoms with Gasteiger partial charge in [0.05, 0.1) is 0 Å². The third-order valence-corrected chi connectivity index (χ3v) is 3.93. The molecule has 1 aromatic heterocycles. The molecule has 3 nitrogen and oxygen atoms in total. The van der Waals surface area contributed by atoms with Crippen LogP contribution in [0.3, 0.4) is 0 Å². The Morgan fingerprint density at radius 2 is 2.17 bits per heavy atom. The van der Waals surface area contributed by atoms with E-state index >= 15 is 0 Å². The van der Waals surface area contributed by atoms with Gasteiger partial charge in [0.15, 0.2) is 0 Å². The summed E-state index contributed by atoms with van der Waals surface area (Å²) in [5.41, 5.74) is 1.05. The van der Waals surface area contributed by atoms with Crippen LogP contribution in [0.5, 0.6) is 5.75 Å². The fourth-order valence-electron chi connectivity index (χ4n) is 1.45. The molecule has 1 N–H and O–H groups in total. The number of ether oxygens (including phenoxy) is 1. The second-order valence-electron chi connectivity index (χ2n) is 3.77. The van der Waals surface area contributed by atoms with Gasteiger partial charge in [-0.15, -0.1) is 11.3 Å². The topological polar surface area (TPSA) is 46.5 Å². The average molecular weight is 327 g/mol. The quantitative estimate of drug-likeness (QED) is 0.920.